The molecule has 0 aromatic carbocycles. The zero-order chi connectivity index (χ0) is 45.8. The zero-order valence-electron chi connectivity index (χ0n) is 41.8. The van der Waals surface area contributed by atoms with E-state index in [1.54, 1.807) is 0 Å². The van der Waals surface area contributed by atoms with Gasteiger partial charge in [-0.2, -0.15) is 0 Å². The van der Waals surface area contributed by atoms with E-state index >= 15 is 0 Å². The Kier molecular flexibility index (Phi) is 49.8. The van der Waals surface area contributed by atoms with Crippen molar-refractivity contribution >= 4 is 17.9 Å². The molecule has 0 aliphatic heterocycles. The Hall–Kier alpha value is -2.63. The number of unbranched alkanes of at least 4 members (excludes halogenated alkanes) is 30. The molecule has 0 rings (SSSR count). The Morgan fingerprint density at radius 3 is 0.905 bits per heavy atom. The van der Waals surface area contributed by atoms with Crippen molar-refractivity contribution in [2.45, 2.75) is 284 Å². The van der Waals surface area contributed by atoms with Gasteiger partial charge in [-0.05, 0) is 103 Å². The van der Waals surface area contributed by atoms with Crippen molar-refractivity contribution in [3.05, 3.63) is 48.6 Å². The smallest absolute Gasteiger partial charge is 0.306 e. The highest BCUT2D eigenvalue weighted by Crippen LogP contribution is 2.14. The molecule has 0 spiro atoms. The summed E-state index contributed by atoms with van der Waals surface area (Å²) in [6.45, 7) is 6.59. The number of carbonyl (C=O) groups is 3. The van der Waals surface area contributed by atoms with Crippen molar-refractivity contribution in [1.82, 2.24) is 0 Å². The predicted octanol–water partition coefficient (Wildman–Crippen LogP) is 17.9. The molecule has 0 bridgehead atoms. The van der Waals surface area contributed by atoms with E-state index in [1.165, 1.54) is 148 Å². The van der Waals surface area contributed by atoms with Crippen LogP contribution in [0.1, 0.15) is 278 Å². The third kappa shape index (κ3) is 50.2. The molecule has 0 aromatic rings. The van der Waals surface area contributed by atoms with Gasteiger partial charge in [0.1, 0.15) is 13.2 Å². The average Bonchev–Trinajstić information content (AvgIpc) is 3.28. The molecule has 0 saturated heterocycles. The SMILES string of the molecule is CCCCCC/C=C\C/C=C\CCCCCCCCCC(=O)OCC(COC(=O)CCCCCCC/C=C\CCCCCC)OC(=O)CCCCCCC/C=C\CCCCCCC. The van der Waals surface area contributed by atoms with Gasteiger partial charge in [-0.1, -0.05) is 204 Å². The van der Waals surface area contributed by atoms with Crippen LogP contribution in [0.3, 0.4) is 0 Å². The fraction of sp³-hybridized carbons (Fsp3) is 0.807. The number of rotatable bonds is 49. The van der Waals surface area contributed by atoms with Crippen LogP contribution in [0.4, 0.5) is 0 Å². The third-order valence-electron chi connectivity index (χ3n) is 11.8. The molecule has 0 fully saturated rings. The maximum Gasteiger partial charge on any atom is 0.306 e. The topological polar surface area (TPSA) is 78.9 Å². The average molecular weight is 883 g/mol. The van der Waals surface area contributed by atoms with E-state index in [-0.39, 0.29) is 31.1 Å². The summed E-state index contributed by atoms with van der Waals surface area (Å²) < 4.78 is 16.8. The quantitative estimate of drug-likeness (QED) is 0.0262. The molecule has 0 N–H and O–H groups in total. The molecular weight excluding hydrogens is 781 g/mol. The van der Waals surface area contributed by atoms with Gasteiger partial charge in [-0.25, -0.2) is 0 Å². The maximum absolute atomic E-state index is 12.8. The highest BCUT2D eigenvalue weighted by Gasteiger charge is 2.19. The van der Waals surface area contributed by atoms with Gasteiger partial charge >= 0.3 is 17.9 Å². The molecule has 0 aromatic heterocycles. The van der Waals surface area contributed by atoms with Crippen LogP contribution in [0.25, 0.3) is 0 Å². The van der Waals surface area contributed by atoms with E-state index < -0.39 is 6.10 Å². The third-order valence-corrected chi connectivity index (χ3v) is 11.8. The minimum atomic E-state index is -0.782. The monoisotopic (exact) mass is 883 g/mol. The van der Waals surface area contributed by atoms with E-state index in [2.05, 4.69) is 69.4 Å². The van der Waals surface area contributed by atoms with Gasteiger partial charge in [0.15, 0.2) is 6.10 Å². The molecule has 0 heterocycles. The first-order valence-corrected chi connectivity index (χ1v) is 27.1. The molecule has 1 atom stereocenters. The molecule has 0 radical (unpaired) electrons. The minimum absolute atomic E-state index is 0.0823. The van der Waals surface area contributed by atoms with Gasteiger partial charge < -0.3 is 14.2 Å². The van der Waals surface area contributed by atoms with Crippen LogP contribution in [-0.2, 0) is 28.6 Å². The highest BCUT2D eigenvalue weighted by atomic mass is 16.6. The number of ether oxygens (including phenoxy) is 3. The standard InChI is InChI=1S/C57H102O6/c1-4-7-10-13-16-19-22-25-27-28-29-30-33-35-38-41-44-47-50-56(59)62-53-54(52-61-55(58)49-46-43-40-37-34-31-24-21-18-15-12-9-6-3)63-57(60)51-48-45-42-39-36-32-26-23-20-17-14-11-8-5-2/h19,21-24,26-28,54H,4-18,20,25,29-53H2,1-3H3/b22-19-,24-21-,26-23-,28-27-. The molecule has 366 valence electrons. The lowest BCUT2D eigenvalue weighted by Gasteiger charge is -2.18. The normalized spacial score (nSPS) is 12.4. The molecule has 1 unspecified atom stereocenters. The van der Waals surface area contributed by atoms with Gasteiger partial charge in [-0.3, -0.25) is 14.4 Å². The number of hydrogen-bond donors (Lipinski definition) is 0. The van der Waals surface area contributed by atoms with Gasteiger partial charge in [0.2, 0.25) is 0 Å². The van der Waals surface area contributed by atoms with E-state index in [0.717, 1.165) is 89.9 Å². The van der Waals surface area contributed by atoms with Gasteiger partial charge in [-0.15, -0.1) is 0 Å². The van der Waals surface area contributed by atoms with Crippen LogP contribution >= 0.6 is 0 Å². The first-order chi connectivity index (χ1) is 31.0. The Morgan fingerprint density at radius 2 is 0.571 bits per heavy atom. The van der Waals surface area contributed by atoms with Crippen LogP contribution < -0.4 is 0 Å². The van der Waals surface area contributed by atoms with Crippen molar-refractivity contribution in [3.8, 4) is 0 Å². The first kappa shape index (κ1) is 60.4. The van der Waals surface area contributed by atoms with Crippen molar-refractivity contribution in [1.29, 1.82) is 0 Å². The second kappa shape index (κ2) is 52.0. The number of allylic oxidation sites excluding steroid dienone is 8. The lowest BCUT2D eigenvalue weighted by molar-refractivity contribution is -0.167. The van der Waals surface area contributed by atoms with Crippen LogP contribution in [0.2, 0.25) is 0 Å². The Balaban J connectivity index is 4.38. The van der Waals surface area contributed by atoms with Crippen molar-refractivity contribution in [3.63, 3.8) is 0 Å². The van der Waals surface area contributed by atoms with Crippen LogP contribution in [-0.4, -0.2) is 37.2 Å². The molecule has 63 heavy (non-hydrogen) atoms. The summed E-state index contributed by atoms with van der Waals surface area (Å²) in [5.41, 5.74) is 0. The Morgan fingerprint density at radius 1 is 0.317 bits per heavy atom. The lowest BCUT2D eigenvalue weighted by atomic mass is 10.1. The van der Waals surface area contributed by atoms with E-state index in [1.807, 2.05) is 0 Å². The Labute approximate surface area is 390 Å². The Bertz CT molecular complexity index is 1110. The molecular formula is C57H102O6. The van der Waals surface area contributed by atoms with Gasteiger partial charge in [0, 0.05) is 19.3 Å². The van der Waals surface area contributed by atoms with Crippen molar-refractivity contribution < 1.29 is 28.6 Å². The zero-order valence-corrected chi connectivity index (χ0v) is 41.8. The minimum Gasteiger partial charge on any atom is -0.462 e. The summed E-state index contributed by atoms with van der Waals surface area (Å²) in [6.07, 6.45) is 62.3. The first-order valence-electron chi connectivity index (χ1n) is 27.1. The molecule has 0 saturated carbocycles. The van der Waals surface area contributed by atoms with Crippen LogP contribution in [0.5, 0.6) is 0 Å². The second-order valence-corrected chi connectivity index (χ2v) is 18.1. The molecule has 0 amide bonds. The molecule has 0 aliphatic carbocycles. The molecule has 0 aliphatic rings. The van der Waals surface area contributed by atoms with Crippen LogP contribution in [0, 0.1) is 0 Å². The van der Waals surface area contributed by atoms with Crippen LogP contribution in [0.15, 0.2) is 48.6 Å². The van der Waals surface area contributed by atoms with Gasteiger partial charge in [0.25, 0.3) is 0 Å². The summed E-state index contributed by atoms with van der Waals surface area (Å²) in [5, 5.41) is 0. The predicted molar refractivity (Wildman–Crippen MR) is 270 cm³/mol. The summed E-state index contributed by atoms with van der Waals surface area (Å²) >= 11 is 0. The van der Waals surface area contributed by atoms with Gasteiger partial charge in [0.05, 0.1) is 0 Å². The summed E-state index contributed by atoms with van der Waals surface area (Å²) in [6, 6.07) is 0. The van der Waals surface area contributed by atoms with E-state index in [9.17, 15) is 14.4 Å². The fourth-order valence-electron chi connectivity index (χ4n) is 7.64. The maximum atomic E-state index is 12.8. The van der Waals surface area contributed by atoms with E-state index in [0.29, 0.717) is 19.3 Å². The lowest BCUT2D eigenvalue weighted by Crippen LogP contribution is -2.30. The number of hydrogen-bond acceptors (Lipinski definition) is 6. The van der Waals surface area contributed by atoms with Crippen molar-refractivity contribution in [2.24, 2.45) is 0 Å². The number of carbonyl (C=O) groups excluding carboxylic acids is 3. The summed E-state index contributed by atoms with van der Waals surface area (Å²) in [4.78, 5) is 38.0. The number of esters is 3. The molecule has 6 nitrogen and oxygen atoms in total. The van der Waals surface area contributed by atoms with Crippen molar-refractivity contribution in [2.75, 3.05) is 13.2 Å². The molecule has 6 heteroatoms. The summed E-state index contributed by atoms with van der Waals surface area (Å²) in [5.74, 6) is -0.898. The largest absolute Gasteiger partial charge is 0.462 e. The fourth-order valence-corrected chi connectivity index (χ4v) is 7.64. The summed E-state index contributed by atoms with van der Waals surface area (Å²) in [7, 11) is 0. The van der Waals surface area contributed by atoms with E-state index in [4.69, 9.17) is 14.2 Å². The highest BCUT2D eigenvalue weighted by molar-refractivity contribution is 5.71. The second-order valence-electron chi connectivity index (χ2n) is 18.1.